The molecular weight excluding hydrogens is 246 g/mol. The summed E-state index contributed by atoms with van der Waals surface area (Å²) in [5.74, 6) is 0. The van der Waals surface area contributed by atoms with E-state index in [4.69, 9.17) is 33.9 Å². The lowest BCUT2D eigenvalue weighted by molar-refractivity contribution is 0.605. The van der Waals surface area contributed by atoms with Crippen LogP contribution >= 0.6 is 33.9 Å². The Hall–Kier alpha value is -0.100. The van der Waals surface area contributed by atoms with Gasteiger partial charge in [-0.25, -0.2) is 18.4 Å². The van der Waals surface area contributed by atoms with E-state index in [1.165, 1.54) is 0 Å². The fourth-order valence-corrected chi connectivity index (χ4v) is 1.70. The third-order valence-corrected chi connectivity index (χ3v) is 2.44. The summed E-state index contributed by atoms with van der Waals surface area (Å²) in [6, 6.07) is 1.01. The SMILES string of the molecule is O=S(=O)(Cl)c1cc(Cl)nc(Cl)n1. The van der Waals surface area contributed by atoms with Crippen molar-refractivity contribution in [3.63, 3.8) is 0 Å². The number of rotatable bonds is 1. The van der Waals surface area contributed by atoms with Crippen molar-refractivity contribution in [2.45, 2.75) is 5.03 Å². The minimum atomic E-state index is -3.90. The van der Waals surface area contributed by atoms with Gasteiger partial charge in [0.1, 0.15) is 5.15 Å². The Balaban J connectivity index is 3.37. The van der Waals surface area contributed by atoms with Gasteiger partial charge in [-0.15, -0.1) is 0 Å². The lowest BCUT2D eigenvalue weighted by Gasteiger charge is -1.95. The molecule has 0 saturated carbocycles. The van der Waals surface area contributed by atoms with Crippen molar-refractivity contribution >= 4 is 42.9 Å². The van der Waals surface area contributed by atoms with Gasteiger partial charge in [-0.1, -0.05) is 11.6 Å². The summed E-state index contributed by atoms with van der Waals surface area (Å²) in [6.07, 6.45) is 0. The number of nitrogens with zero attached hydrogens (tertiary/aromatic N) is 2. The van der Waals surface area contributed by atoms with Crippen molar-refractivity contribution < 1.29 is 8.42 Å². The van der Waals surface area contributed by atoms with Crippen LogP contribution < -0.4 is 0 Å². The zero-order valence-corrected chi connectivity index (χ0v) is 8.41. The largest absolute Gasteiger partial charge is 0.278 e. The van der Waals surface area contributed by atoms with Gasteiger partial charge in [0.2, 0.25) is 5.28 Å². The molecule has 8 heteroatoms. The van der Waals surface area contributed by atoms with E-state index in [0.717, 1.165) is 6.07 Å². The van der Waals surface area contributed by atoms with Gasteiger partial charge < -0.3 is 0 Å². The average molecular weight is 247 g/mol. The third kappa shape index (κ3) is 2.45. The van der Waals surface area contributed by atoms with E-state index >= 15 is 0 Å². The van der Waals surface area contributed by atoms with Crippen molar-refractivity contribution in [1.29, 1.82) is 0 Å². The van der Waals surface area contributed by atoms with Crippen LogP contribution in [0.3, 0.4) is 0 Å². The van der Waals surface area contributed by atoms with Crippen LogP contribution in [0.1, 0.15) is 0 Å². The highest BCUT2D eigenvalue weighted by atomic mass is 35.7. The van der Waals surface area contributed by atoms with Crippen LogP contribution in [0.2, 0.25) is 10.4 Å². The molecule has 66 valence electrons. The van der Waals surface area contributed by atoms with Gasteiger partial charge in [0, 0.05) is 16.7 Å². The number of hydrogen-bond acceptors (Lipinski definition) is 4. The number of halogens is 3. The first-order valence-electron chi connectivity index (χ1n) is 2.54. The molecule has 1 heterocycles. The Morgan fingerprint density at radius 1 is 1.25 bits per heavy atom. The number of aromatic nitrogens is 2. The zero-order chi connectivity index (χ0) is 9.35. The van der Waals surface area contributed by atoms with Crippen LogP contribution in [0, 0.1) is 0 Å². The first-order chi connectivity index (χ1) is 5.39. The molecule has 1 rings (SSSR count). The molecule has 4 nitrogen and oxygen atoms in total. The second kappa shape index (κ2) is 3.33. The molecule has 1 aromatic rings. The topological polar surface area (TPSA) is 59.9 Å². The molecule has 0 aliphatic heterocycles. The quantitative estimate of drug-likeness (QED) is 0.431. The molecule has 0 bridgehead atoms. The lowest BCUT2D eigenvalue weighted by Crippen LogP contribution is -1.96. The maximum absolute atomic E-state index is 10.7. The van der Waals surface area contributed by atoms with Crippen LogP contribution in [0.5, 0.6) is 0 Å². The molecule has 1 aromatic heterocycles. The van der Waals surface area contributed by atoms with Gasteiger partial charge in [-0.2, -0.15) is 0 Å². The molecule has 0 aliphatic carbocycles. The van der Waals surface area contributed by atoms with Gasteiger partial charge in [0.25, 0.3) is 9.05 Å². The maximum atomic E-state index is 10.7. The molecule has 0 fully saturated rings. The highest BCUT2D eigenvalue weighted by Crippen LogP contribution is 2.17. The molecule has 0 N–H and O–H groups in total. The summed E-state index contributed by atoms with van der Waals surface area (Å²) >= 11 is 10.7. The van der Waals surface area contributed by atoms with Gasteiger partial charge >= 0.3 is 0 Å². The van der Waals surface area contributed by atoms with Crippen molar-refractivity contribution in [1.82, 2.24) is 9.97 Å². The van der Waals surface area contributed by atoms with Crippen LogP contribution in [0.25, 0.3) is 0 Å². The van der Waals surface area contributed by atoms with Crippen LogP contribution in [0.4, 0.5) is 0 Å². The minimum absolute atomic E-state index is 0.0748. The Bertz CT molecular complexity index is 385. The van der Waals surface area contributed by atoms with E-state index < -0.39 is 14.1 Å². The van der Waals surface area contributed by atoms with E-state index in [2.05, 4.69) is 9.97 Å². The summed E-state index contributed by atoms with van der Waals surface area (Å²) in [4.78, 5) is 6.80. The monoisotopic (exact) mass is 246 g/mol. The van der Waals surface area contributed by atoms with Crippen molar-refractivity contribution in [3.8, 4) is 0 Å². The summed E-state index contributed by atoms with van der Waals surface area (Å²) in [5, 5.41) is -0.745. The number of hydrogen-bond donors (Lipinski definition) is 0. The molecular formula is C4HCl3N2O2S. The molecule has 0 atom stereocenters. The molecule has 12 heavy (non-hydrogen) atoms. The Morgan fingerprint density at radius 2 is 1.83 bits per heavy atom. The first kappa shape index (κ1) is 9.98. The molecule has 0 aromatic carbocycles. The fraction of sp³-hybridized carbons (Fsp3) is 0. The standard InChI is InChI=1S/C4HCl3N2O2S/c5-2-1-3(12(7,10)11)9-4(6)8-2/h1H. The Morgan fingerprint density at radius 3 is 2.25 bits per heavy atom. The molecule has 0 amide bonds. The normalized spacial score (nSPS) is 11.6. The highest BCUT2D eigenvalue weighted by molar-refractivity contribution is 8.13. The van der Waals surface area contributed by atoms with Gasteiger partial charge in [0.05, 0.1) is 0 Å². The smallest absolute Gasteiger partial charge is 0.206 e. The van der Waals surface area contributed by atoms with Crippen LogP contribution in [-0.2, 0) is 9.05 Å². The molecule has 0 radical (unpaired) electrons. The Labute approximate surface area is 82.9 Å². The highest BCUT2D eigenvalue weighted by Gasteiger charge is 2.13. The van der Waals surface area contributed by atoms with Crippen LogP contribution in [-0.4, -0.2) is 18.4 Å². The van der Waals surface area contributed by atoms with E-state index in [1.807, 2.05) is 0 Å². The molecule has 0 saturated heterocycles. The minimum Gasteiger partial charge on any atom is -0.206 e. The van der Waals surface area contributed by atoms with Crippen molar-refractivity contribution in [3.05, 3.63) is 16.5 Å². The van der Waals surface area contributed by atoms with Gasteiger partial charge in [-0.3, -0.25) is 0 Å². The first-order valence-corrected chi connectivity index (χ1v) is 5.61. The van der Waals surface area contributed by atoms with Gasteiger partial charge in [0.15, 0.2) is 5.03 Å². The van der Waals surface area contributed by atoms with E-state index in [1.54, 1.807) is 0 Å². The summed E-state index contributed by atoms with van der Waals surface area (Å²) in [6.45, 7) is 0. The third-order valence-electron chi connectivity index (χ3n) is 0.894. The molecule has 0 spiro atoms. The Kier molecular flexibility index (Phi) is 2.77. The van der Waals surface area contributed by atoms with Crippen LogP contribution in [0.15, 0.2) is 11.1 Å². The zero-order valence-electron chi connectivity index (χ0n) is 5.33. The molecule has 0 aliphatic rings. The van der Waals surface area contributed by atoms with E-state index in [0.29, 0.717) is 0 Å². The summed E-state index contributed by atoms with van der Waals surface area (Å²) < 4.78 is 21.4. The maximum Gasteiger partial charge on any atom is 0.278 e. The lowest BCUT2D eigenvalue weighted by atomic mass is 10.7. The fourth-order valence-electron chi connectivity index (χ4n) is 0.495. The predicted molar refractivity (Wildman–Crippen MR) is 45.1 cm³/mol. The second-order valence-electron chi connectivity index (χ2n) is 1.74. The molecule has 0 unspecified atom stereocenters. The van der Waals surface area contributed by atoms with Gasteiger partial charge in [-0.05, 0) is 11.6 Å². The second-order valence-corrected chi connectivity index (χ2v) is 4.97. The summed E-state index contributed by atoms with van der Waals surface area (Å²) in [7, 11) is 1.07. The average Bonchev–Trinajstić information content (AvgIpc) is 1.82. The van der Waals surface area contributed by atoms with E-state index in [9.17, 15) is 8.42 Å². The predicted octanol–water partition coefficient (Wildman–Crippen LogP) is 1.71. The van der Waals surface area contributed by atoms with Crippen molar-refractivity contribution in [2.24, 2.45) is 0 Å². The van der Waals surface area contributed by atoms with E-state index in [-0.39, 0.29) is 10.4 Å². The van der Waals surface area contributed by atoms with Crippen molar-refractivity contribution in [2.75, 3.05) is 0 Å². The summed E-state index contributed by atoms with van der Waals surface area (Å²) in [5.41, 5.74) is 0.